The number of hydrogen-bond acceptors (Lipinski definition) is 8. The van der Waals surface area contributed by atoms with Crippen molar-refractivity contribution in [3.05, 3.63) is 0 Å². The monoisotopic (exact) mass is 369 g/mol. The number of aliphatic hydroxyl groups is 1. The van der Waals surface area contributed by atoms with Crippen LogP contribution in [-0.4, -0.2) is 96.0 Å². The predicted molar refractivity (Wildman–Crippen MR) is 92.7 cm³/mol. The minimum absolute atomic E-state index is 0.0105. The Labute approximate surface area is 149 Å². The molecule has 0 rings (SSSR count). The van der Waals surface area contributed by atoms with Crippen LogP contribution >= 0.6 is 12.6 Å². The molecular weight excluding hydrogens is 338 g/mol. The third kappa shape index (κ3) is 19.6. The molecule has 0 aromatic heterocycles. The zero-order valence-corrected chi connectivity index (χ0v) is 15.1. The van der Waals surface area contributed by atoms with Gasteiger partial charge in [0.15, 0.2) is 0 Å². The van der Waals surface area contributed by atoms with Crippen molar-refractivity contribution in [2.45, 2.75) is 6.42 Å². The second-order valence-electron chi connectivity index (χ2n) is 4.61. The molecule has 24 heavy (non-hydrogen) atoms. The lowest BCUT2D eigenvalue weighted by molar-refractivity contribution is -0.120. The highest BCUT2D eigenvalue weighted by molar-refractivity contribution is 7.80. The maximum absolute atomic E-state index is 11.1. The molecule has 2 N–H and O–H groups in total. The number of carbonyl (C=O) groups is 1. The molecule has 0 aromatic rings. The van der Waals surface area contributed by atoms with Crippen LogP contribution in [-0.2, 0) is 28.5 Å². The molecule has 1 amide bonds. The first-order valence-corrected chi connectivity index (χ1v) is 8.81. The van der Waals surface area contributed by atoms with Gasteiger partial charge >= 0.3 is 0 Å². The lowest BCUT2D eigenvalue weighted by Crippen LogP contribution is -2.27. The SMILES string of the molecule is O=C(CCS)NCCOCCOCCOCCOCCOCCO. The number of nitrogens with one attached hydrogen (secondary N) is 1. The van der Waals surface area contributed by atoms with Crippen molar-refractivity contribution in [2.75, 3.05) is 85.0 Å². The second kappa shape index (κ2) is 20.6. The summed E-state index contributed by atoms with van der Waals surface area (Å²) in [5.74, 6) is 0.539. The van der Waals surface area contributed by atoms with Gasteiger partial charge in [0.2, 0.25) is 5.91 Å². The molecule has 0 unspecified atom stereocenters. The molecule has 0 aliphatic heterocycles. The molecule has 0 aliphatic rings. The first-order valence-electron chi connectivity index (χ1n) is 8.18. The molecule has 0 aromatic carbocycles. The molecule has 9 heteroatoms. The third-order valence-electron chi connectivity index (χ3n) is 2.63. The highest BCUT2D eigenvalue weighted by atomic mass is 32.1. The van der Waals surface area contributed by atoms with E-state index in [2.05, 4.69) is 17.9 Å². The molecule has 8 nitrogen and oxygen atoms in total. The van der Waals surface area contributed by atoms with Gasteiger partial charge in [-0.2, -0.15) is 12.6 Å². The number of hydrogen-bond donors (Lipinski definition) is 3. The fraction of sp³-hybridized carbons (Fsp3) is 0.933. The van der Waals surface area contributed by atoms with Gasteiger partial charge in [-0.25, -0.2) is 0 Å². The van der Waals surface area contributed by atoms with Crippen molar-refractivity contribution < 1.29 is 33.6 Å². The van der Waals surface area contributed by atoms with Crippen molar-refractivity contribution in [2.24, 2.45) is 0 Å². The van der Waals surface area contributed by atoms with E-state index in [0.29, 0.717) is 84.8 Å². The maximum Gasteiger partial charge on any atom is 0.220 e. The Balaban J connectivity index is 3.01. The normalized spacial score (nSPS) is 10.9. The van der Waals surface area contributed by atoms with Crippen molar-refractivity contribution in [1.82, 2.24) is 5.32 Å². The van der Waals surface area contributed by atoms with Gasteiger partial charge in [-0.05, 0) is 5.75 Å². The van der Waals surface area contributed by atoms with Crippen molar-refractivity contribution in [3.63, 3.8) is 0 Å². The molecule has 0 heterocycles. The molecule has 0 saturated carbocycles. The van der Waals surface area contributed by atoms with Crippen LogP contribution in [0.25, 0.3) is 0 Å². The Morgan fingerprint density at radius 1 is 0.750 bits per heavy atom. The second-order valence-corrected chi connectivity index (χ2v) is 5.06. The summed E-state index contributed by atoms with van der Waals surface area (Å²) in [4.78, 5) is 11.1. The number of carbonyl (C=O) groups excluding carboxylic acids is 1. The minimum atomic E-state index is -0.0105. The molecule has 144 valence electrons. The Morgan fingerprint density at radius 3 is 1.58 bits per heavy atom. The number of ether oxygens (including phenoxy) is 5. The fourth-order valence-corrected chi connectivity index (χ4v) is 1.70. The van der Waals surface area contributed by atoms with Crippen LogP contribution in [0.4, 0.5) is 0 Å². The van der Waals surface area contributed by atoms with Crippen LogP contribution in [0.15, 0.2) is 0 Å². The topological polar surface area (TPSA) is 95.5 Å². The summed E-state index contributed by atoms with van der Waals surface area (Å²) in [6.45, 7) is 5.30. The maximum atomic E-state index is 11.1. The van der Waals surface area contributed by atoms with Crippen molar-refractivity contribution >= 4 is 18.5 Å². The minimum Gasteiger partial charge on any atom is -0.394 e. The van der Waals surface area contributed by atoms with E-state index in [4.69, 9.17) is 28.8 Å². The number of aliphatic hydroxyl groups excluding tert-OH is 1. The zero-order chi connectivity index (χ0) is 17.7. The molecule has 0 spiro atoms. The summed E-state index contributed by atoms with van der Waals surface area (Å²) in [5, 5.41) is 11.2. The Hall–Kier alpha value is -0.420. The molecule has 0 aliphatic carbocycles. The van der Waals surface area contributed by atoms with E-state index < -0.39 is 0 Å². The fourth-order valence-electron chi connectivity index (χ4n) is 1.50. The van der Waals surface area contributed by atoms with Crippen LogP contribution in [0, 0.1) is 0 Å². The first-order chi connectivity index (χ1) is 11.8. The van der Waals surface area contributed by atoms with Gasteiger partial charge in [0.1, 0.15) is 0 Å². The lowest BCUT2D eigenvalue weighted by Gasteiger charge is -2.08. The summed E-state index contributed by atoms with van der Waals surface area (Å²) < 4.78 is 26.3. The van der Waals surface area contributed by atoms with E-state index in [1.165, 1.54) is 0 Å². The van der Waals surface area contributed by atoms with Crippen LogP contribution in [0.2, 0.25) is 0 Å². The average Bonchev–Trinajstić information content (AvgIpc) is 2.58. The quantitative estimate of drug-likeness (QED) is 0.209. The molecular formula is C15H31NO7S. The number of rotatable bonds is 19. The average molecular weight is 369 g/mol. The molecule has 0 radical (unpaired) electrons. The summed E-state index contributed by atoms with van der Waals surface area (Å²) in [5.41, 5.74) is 0. The highest BCUT2D eigenvalue weighted by Gasteiger charge is 1.98. The van der Waals surface area contributed by atoms with Crippen LogP contribution in [0.3, 0.4) is 0 Å². The largest absolute Gasteiger partial charge is 0.394 e. The summed E-state index contributed by atoms with van der Waals surface area (Å²) >= 11 is 3.98. The van der Waals surface area contributed by atoms with Gasteiger partial charge in [0.25, 0.3) is 0 Å². The van der Waals surface area contributed by atoms with Gasteiger partial charge in [-0.3, -0.25) is 4.79 Å². The molecule has 0 fully saturated rings. The van der Waals surface area contributed by atoms with Crippen molar-refractivity contribution in [3.8, 4) is 0 Å². The molecule has 0 bridgehead atoms. The van der Waals surface area contributed by atoms with E-state index >= 15 is 0 Å². The van der Waals surface area contributed by atoms with Crippen molar-refractivity contribution in [1.29, 1.82) is 0 Å². The lowest BCUT2D eigenvalue weighted by atomic mass is 10.4. The van der Waals surface area contributed by atoms with E-state index in [0.717, 1.165) is 0 Å². The van der Waals surface area contributed by atoms with E-state index in [1.54, 1.807) is 0 Å². The van der Waals surface area contributed by atoms with E-state index in [1.807, 2.05) is 0 Å². The smallest absolute Gasteiger partial charge is 0.220 e. The van der Waals surface area contributed by atoms with E-state index in [9.17, 15) is 4.79 Å². The van der Waals surface area contributed by atoms with E-state index in [-0.39, 0.29) is 12.5 Å². The number of amides is 1. The first kappa shape index (κ1) is 23.6. The predicted octanol–water partition coefficient (Wildman–Crippen LogP) is -0.502. The third-order valence-corrected chi connectivity index (χ3v) is 2.85. The van der Waals surface area contributed by atoms with Gasteiger partial charge in [-0.1, -0.05) is 0 Å². The van der Waals surface area contributed by atoms with Crippen LogP contribution < -0.4 is 5.32 Å². The Bertz CT molecular complexity index is 272. The van der Waals surface area contributed by atoms with Crippen LogP contribution in [0.1, 0.15) is 6.42 Å². The molecule has 0 atom stereocenters. The molecule has 0 saturated heterocycles. The van der Waals surface area contributed by atoms with Crippen LogP contribution in [0.5, 0.6) is 0 Å². The summed E-state index contributed by atoms with van der Waals surface area (Å²) in [6.07, 6.45) is 0.425. The Kier molecular flexibility index (Phi) is 20.3. The summed E-state index contributed by atoms with van der Waals surface area (Å²) in [6, 6.07) is 0. The van der Waals surface area contributed by atoms with Gasteiger partial charge < -0.3 is 34.1 Å². The summed E-state index contributed by atoms with van der Waals surface area (Å²) in [7, 11) is 0. The van der Waals surface area contributed by atoms with Gasteiger partial charge in [-0.15, -0.1) is 0 Å². The zero-order valence-electron chi connectivity index (χ0n) is 14.2. The van der Waals surface area contributed by atoms with Gasteiger partial charge in [0.05, 0.1) is 72.7 Å². The number of thiol groups is 1. The van der Waals surface area contributed by atoms with Gasteiger partial charge in [0, 0.05) is 13.0 Å². The Morgan fingerprint density at radius 2 is 1.17 bits per heavy atom. The highest BCUT2D eigenvalue weighted by Crippen LogP contribution is 1.85. The standard InChI is InChI=1S/C15H31NO7S/c17-3-5-20-7-9-22-11-13-23-12-10-21-8-6-19-4-2-16-15(18)1-14-24/h17,24H,1-14H2,(H,16,18).